The Bertz CT molecular complexity index is 1080. The molecule has 0 spiro atoms. The maximum absolute atomic E-state index is 13.5. The minimum absolute atomic E-state index is 0.0791. The van der Waals surface area contributed by atoms with Crippen LogP contribution < -0.4 is 0 Å². The lowest BCUT2D eigenvalue weighted by atomic mass is 10.1. The van der Waals surface area contributed by atoms with Crippen molar-refractivity contribution in [2.24, 2.45) is 0 Å². The van der Waals surface area contributed by atoms with Gasteiger partial charge < -0.3 is 5.11 Å². The first kappa shape index (κ1) is 21.2. The summed E-state index contributed by atoms with van der Waals surface area (Å²) in [7, 11) is -11.2. The fourth-order valence-electron chi connectivity index (χ4n) is 3.77. The lowest BCUT2D eigenvalue weighted by molar-refractivity contribution is 0.0696. The standard InChI is InChI=1S/C16H21NO8S3/c1-11-2-3-12(16(18)19)8-15(11)28(24,25)17(13-4-6-26(20,21)9-13)14-5-7-27(22,23)10-14/h2-3,8,13-14H,4-7,9-10H2,1H3,(H,18,19)/t13-,14-/m1/s1. The Morgan fingerprint density at radius 3 is 1.93 bits per heavy atom. The van der Waals surface area contributed by atoms with Gasteiger partial charge in [-0.05, 0) is 37.5 Å². The van der Waals surface area contributed by atoms with Gasteiger partial charge in [-0.2, -0.15) is 4.31 Å². The van der Waals surface area contributed by atoms with Crippen molar-refractivity contribution in [1.29, 1.82) is 0 Å². The van der Waals surface area contributed by atoms with Gasteiger partial charge in [0, 0.05) is 12.1 Å². The molecule has 2 aliphatic heterocycles. The molecule has 12 heteroatoms. The highest BCUT2D eigenvalue weighted by Gasteiger charge is 2.46. The summed E-state index contributed by atoms with van der Waals surface area (Å²) in [6.07, 6.45) is 0.158. The largest absolute Gasteiger partial charge is 0.478 e. The summed E-state index contributed by atoms with van der Waals surface area (Å²) in [5.74, 6) is -2.38. The number of aryl methyl sites for hydroxylation is 1. The van der Waals surface area contributed by atoms with E-state index in [0.717, 1.165) is 10.4 Å². The number of rotatable bonds is 5. The molecule has 0 aromatic heterocycles. The molecule has 1 aromatic rings. The van der Waals surface area contributed by atoms with E-state index in [2.05, 4.69) is 0 Å². The Hall–Kier alpha value is -1.50. The number of sulfonamides is 1. The molecule has 0 radical (unpaired) electrons. The summed E-state index contributed by atoms with van der Waals surface area (Å²) in [5.41, 5.74) is 0.0823. The molecule has 0 amide bonds. The maximum atomic E-state index is 13.5. The molecule has 1 aromatic carbocycles. The van der Waals surface area contributed by atoms with Crippen LogP contribution in [0.3, 0.4) is 0 Å². The zero-order valence-corrected chi connectivity index (χ0v) is 17.6. The minimum Gasteiger partial charge on any atom is -0.478 e. The van der Waals surface area contributed by atoms with Gasteiger partial charge in [0.2, 0.25) is 10.0 Å². The van der Waals surface area contributed by atoms with Gasteiger partial charge >= 0.3 is 5.97 Å². The molecule has 0 saturated carbocycles. The van der Waals surface area contributed by atoms with Gasteiger partial charge in [-0.25, -0.2) is 30.0 Å². The van der Waals surface area contributed by atoms with Crippen LogP contribution in [0.1, 0.15) is 28.8 Å². The summed E-state index contributed by atoms with van der Waals surface area (Å²) < 4.78 is 75.7. The van der Waals surface area contributed by atoms with Crippen LogP contribution in [0.25, 0.3) is 0 Å². The van der Waals surface area contributed by atoms with Crippen LogP contribution in [0.5, 0.6) is 0 Å². The van der Waals surface area contributed by atoms with E-state index in [9.17, 15) is 35.2 Å². The highest BCUT2D eigenvalue weighted by atomic mass is 32.2. The first-order chi connectivity index (χ1) is 12.8. The van der Waals surface area contributed by atoms with E-state index in [0.29, 0.717) is 5.56 Å². The van der Waals surface area contributed by atoms with Crippen molar-refractivity contribution in [3.8, 4) is 0 Å². The topological polar surface area (TPSA) is 143 Å². The third kappa shape index (κ3) is 4.09. The maximum Gasteiger partial charge on any atom is 0.335 e. The number of benzene rings is 1. The molecule has 2 atom stereocenters. The van der Waals surface area contributed by atoms with E-state index < -0.39 is 47.8 Å². The molecule has 2 aliphatic rings. The van der Waals surface area contributed by atoms with Crippen LogP contribution in [0.15, 0.2) is 23.1 Å². The van der Waals surface area contributed by atoms with Gasteiger partial charge in [0.25, 0.3) is 0 Å². The van der Waals surface area contributed by atoms with Crippen molar-refractivity contribution in [3.63, 3.8) is 0 Å². The summed E-state index contributed by atoms with van der Waals surface area (Å²) in [6.45, 7) is 1.51. The van der Waals surface area contributed by atoms with E-state index in [-0.39, 0.29) is 46.3 Å². The molecule has 28 heavy (non-hydrogen) atoms. The molecule has 2 fully saturated rings. The van der Waals surface area contributed by atoms with Gasteiger partial charge in [0.05, 0.1) is 33.5 Å². The molecule has 2 saturated heterocycles. The summed E-state index contributed by atoms with van der Waals surface area (Å²) in [6, 6.07) is 1.93. The van der Waals surface area contributed by atoms with Crippen molar-refractivity contribution in [2.45, 2.75) is 36.7 Å². The van der Waals surface area contributed by atoms with Crippen LogP contribution >= 0.6 is 0 Å². The lowest BCUT2D eigenvalue weighted by Crippen LogP contribution is -2.48. The van der Waals surface area contributed by atoms with Crippen LogP contribution in [0.4, 0.5) is 0 Å². The highest BCUT2D eigenvalue weighted by Crippen LogP contribution is 2.33. The first-order valence-electron chi connectivity index (χ1n) is 8.61. The molecule has 0 unspecified atom stereocenters. The highest BCUT2D eigenvalue weighted by molar-refractivity contribution is 7.92. The fraction of sp³-hybridized carbons (Fsp3) is 0.562. The van der Waals surface area contributed by atoms with Gasteiger partial charge in [0.1, 0.15) is 0 Å². The third-order valence-electron chi connectivity index (χ3n) is 5.13. The molecule has 0 bridgehead atoms. The number of hydrogen-bond donors (Lipinski definition) is 1. The second kappa shape index (κ2) is 7.08. The van der Waals surface area contributed by atoms with E-state index in [1.807, 2.05) is 0 Å². The van der Waals surface area contributed by atoms with Gasteiger partial charge in [-0.15, -0.1) is 0 Å². The lowest BCUT2D eigenvalue weighted by Gasteiger charge is -2.32. The average molecular weight is 452 g/mol. The number of carboxylic acids is 1. The molecule has 3 rings (SSSR count). The second-order valence-corrected chi connectivity index (χ2v) is 13.5. The Kier molecular flexibility index (Phi) is 5.36. The number of aromatic carboxylic acids is 1. The molecule has 156 valence electrons. The zero-order valence-electron chi connectivity index (χ0n) is 15.1. The predicted octanol–water partition coefficient (Wildman–Crippen LogP) is 0.0581. The van der Waals surface area contributed by atoms with E-state index in [4.69, 9.17) is 0 Å². The van der Waals surface area contributed by atoms with Crippen molar-refractivity contribution >= 4 is 35.7 Å². The number of nitrogens with zero attached hydrogens (tertiary/aromatic N) is 1. The van der Waals surface area contributed by atoms with Crippen molar-refractivity contribution < 1.29 is 35.2 Å². The van der Waals surface area contributed by atoms with Crippen LogP contribution in [-0.4, -0.2) is 75.7 Å². The quantitative estimate of drug-likeness (QED) is 0.662. The monoisotopic (exact) mass is 451 g/mol. The Labute approximate surface area is 164 Å². The number of hydrogen-bond acceptors (Lipinski definition) is 7. The predicted molar refractivity (Wildman–Crippen MR) is 101 cm³/mol. The smallest absolute Gasteiger partial charge is 0.335 e. The van der Waals surface area contributed by atoms with Crippen LogP contribution in [0, 0.1) is 6.92 Å². The Morgan fingerprint density at radius 2 is 1.54 bits per heavy atom. The molecule has 9 nitrogen and oxygen atoms in total. The summed E-state index contributed by atoms with van der Waals surface area (Å²) >= 11 is 0. The van der Waals surface area contributed by atoms with Gasteiger partial charge in [-0.3, -0.25) is 0 Å². The van der Waals surface area contributed by atoms with Crippen molar-refractivity contribution in [1.82, 2.24) is 4.31 Å². The van der Waals surface area contributed by atoms with Crippen LogP contribution in [0.2, 0.25) is 0 Å². The zero-order chi connectivity index (χ0) is 20.9. The second-order valence-electron chi connectivity index (χ2n) is 7.23. The van der Waals surface area contributed by atoms with E-state index in [1.165, 1.54) is 19.1 Å². The van der Waals surface area contributed by atoms with Gasteiger partial charge in [0.15, 0.2) is 19.7 Å². The molecule has 1 N–H and O–H groups in total. The third-order valence-corrected chi connectivity index (χ3v) is 10.8. The van der Waals surface area contributed by atoms with Gasteiger partial charge in [-0.1, -0.05) is 6.07 Å². The fourth-order valence-corrected chi connectivity index (χ4v) is 9.50. The summed E-state index contributed by atoms with van der Waals surface area (Å²) in [5, 5.41) is 9.20. The number of carbonyl (C=O) groups is 1. The van der Waals surface area contributed by atoms with E-state index in [1.54, 1.807) is 0 Å². The summed E-state index contributed by atoms with van der Waals surface area (Å²) in [4.78, 5) is 11.0. The van der Waals surface area contributed by atoms with Crippen molar-refractivity contribution in [3.05, 3.63) is 29.3 Å². The van der Waals surface area contributed by atoms with Crippen molar-refractivity contribution in [2.75, 3.05) is 23.0 Å². The molecule has 2 heterocycles. The molecular formula is C16H21NO8S3. The number of carboxylic acid groups (broad SMARTS) is 1. The Morgan fingerprint density at radius 1 is 1.04 bits per heavy atom. The first-order valence-corrected chi connectivity index (χ1v) is 13.7. The number of sulfone groups is 2. The Balaban J connectivity index is 2.12. The average Bonchev–Trinajstić information content (AvgIpc) is 3.09. The van der Waals surface area contributed by atoms with E-state index >= 15 is 0 Å². The van der Waals surface area contributed by atoms with Crippen LogP contribution in [-0.2, 0) is 29.7 Å². The molecular weight excluding hydrogens is 430 g/mol. The minimum atomic E-state index is -4.31. The SMILES string of the molecule is Cc1ccc(C(=O)O)cc1S(=O)(=O)N([C@@H]1CCS(=O)(=O)C1)[C@@H]1CCS(=O)(=O)C1. The normalized spacial score (nSPS) is 26.5. The molecule has 0 aliphatic carbocycles.